The van der Waals surface area contributed by atoms with Crippen molar-refractivity contribution in [3.8, 4) is 73.2 Å². The fourth-order valence-electron chi connectivity index (χ4n) is 11.6. The summed E-state index contributed by atoms with van der Waals surface area (Å²) in [7, 11) is 0. The van der Waals surface area contributed by atoms with Crippen molar-refractivity contribution in [1.29, 1.82) is 5.26 Å². The molecular weight excluding hydrogens is 873 g/mol. The Labute approximate surface area is 421 Å². The van der Waals surface area contributed by atoms with E-state index in [0.717, 1.165) is 88.5 Å². The molecule has 346 valence electrons. The van der Waals surface area contributed by atoms with Crippen LogP contribution in [-0.2, 0) is 0 Å². The normalized spacial score (nSPS) is 11.6. The highest BCUT2D eigenvalue weighted by Gasteiger charge is 2.22. The average molecular weight is 927 g/mol. The van der Waals surface area contributed by atoms with E-state index < -0.39 is 0 Å². The van der Waals surface area contributed by atoms with E-state index in [1.54, 1.807) is 0 Å². The molecule has 72 heavy (non-hydrogen) atoms. The Kier molecular flexibility index (Phi) is 10.7. The molecule has 0 saturated heterocycles. The van der Waals surface area contributed by atoms with Crippen LogP contribution in [0.5, 0.6) is 0 Å². The second-order valence-corrected chi connectivity index (χ2v) is 20.4. The van der Waals surface area contributed by atoms with Gasteiger partial charge in [-0.25, -0.2) is 4.98 Å². The Morgan fingerprint density at radius 3 is 1.03 bits per heavy atom. The maximum atomic E-state index is 10.4. The highest BCUT2D eigenvalue weighted by molar-refractivity contribution is 6.13. The molecule has 0 radical (unpaired) electrons. The standard InChI is InChI=1S/C68H54N4/c1-40-20-41(2)25-54(24-40)49-12-16-58-59-17-13-50(55-26-42(3)21-43(4)27-55)34-64(59)71(63(58)33-49)67-39-70-68(37-62(67)53-11-9-10-48(32-53)38-69)72-65-35-51(56-28-44(5)22-45(6)29-56)14-18-60(65)61-19-15-52(36-66(61)72)57-30-46(7)23-47(8)31-57/h9-37,39H,1-8H3. The van der Waals surface area contributed by atoms with Crippen molar-refractivity contribution in [2.24, 2.45) is 0 Å². The van der Waals surface area contributed by atoms with Crippen molar-refractivity contribution in [1.82, 2.24) is 14.1 Å². The van der Waals surface area contributed by atoms with Gasteiger partial charge in [-0.2, -0.15) is 5.26 Å². The second-order valence-electron chi connectivity index (χ2n) is 20.4. The first-order valence-electron chi connectivity index (χ1n) is 24.9. The van der Waals surface area contributed by atoms with Gasteiger partial charge in [0.15, 0.2) is 0 Å². The topological polar surface area (TPSA) is 46.5 Å². The number of hydrogen-bond acceptors (Lipinski definition) is 2. The number of nitriles is 1. The molecule has 0 spiro atoms. The zero-order valence-corrected chi connectivity index (χ0v) is 42.1. The summed E-state index contributed by atoms with van der Waals surface area (Å²) in [6, 6.07) is 67.4. The van der Waals surface area contributed by atoms with Gasteiger partial charge in [-0.05, 0) is 148 Å². The molecule has 0 saturated carbocycles. The van der Waals surface area contributed by atoms with E-state index in [1.165, 1.54) is 66.8 Å². The minimum Gasteiger partial charge on any atom is -0.307 e. The maximum Gasteiger partial charge on any atom is 0.138 e. The van der Waals surface area contributed by atoms with Crippen LogP contribution in [0.3, 0.4) is 0 Å². The van der Waals surface area contributed by atoms with Crippen molar-refractivity contribution in [3.05, 3.63) is 232 Å². The van der Waals surface area contributed by atoms with Crippen LogP contribution in [0.15, 0.2) is 182 Å². The van der Waals surface area contributed by atoms with Gasteiger partial charge in [-0.3, -0.25) is 4.57 Å². The molecule has 3 heterocycles. The van der Waals surface area contributed by atoms with E-state index in [2.05, 4.69) is 235 Å². The predicted molar refractivity (Wildman–Crippen MR) is 303 cm³/mol. The minimum absolute atomic E-state index is 0.598. The van der Waals surface area contributed by atoms with Gasteiger partial charge in [-0.1, -0.05) is 178 Å². The summed E-state index contributed by atoms with van der Waals surface area (Å²) in [5, 5.41) is 15.0. The van der Waals surface area contributed by atoms with Gasteiger partial charge in [0.2, 0.25) is 0 Å². The number of pyridine rings is 1. The first kappa shape index (κ1) is 44.4. The third-order valence-corrected chi connectivity index (χ3v) is 14.4. The number of rotatable bonds is 7. The third-order valence-electron chi connectivity index (χ3n) is 14.4. The predicted octanol–water partition coefficient (Wildman–Crippen LogP) is 17.9. The molecule has 12 rings (SSSR count). The molecule has 4 nitrogen and oxygen atoms in total. The van der Waals surface area contributed by atoms with Crippen LogP contribution in [0.2, 0.25) is 0 Å². The van der Waals surface area contributed by atoms with E-state index in [1.807, 2.05) is 18.2 Å². The number of nitrogens with zero attached hydrogens (tertiary/aromatic N) is 4. The molecule has 0 bridgehead atoms. The molecule has 0 aliphatic heterocycles. The number of fused-ring (bicyclic) bond motifs is 6. The maximum absolute atomic E-state index is 10.4. The van der Waals surface area contributed by atoms with E-state index in [4.69, 9.17) is 4.98 Å². The van der Waals surface area contributed by atoms with Crippen LogP contribution in [-0.4, -0.2) is 14.1 Å². The van der Waals surface area contributed by atoms with Crippen molar-refractivity contribution in [2.75, 3.05) is 0 Å². The van der Waals surface area contributed by atoms with Gasteiger partial charge in [0, 0.05) is 27.1 Å². The molecule has 0 atom stereocenters. The zero-order chi connectivity index (χ0) is 49.5. The fourth-order valence-corrected chi connectivity index (χ4v) is 11.6. The molecule has 0 fully saturated rings. The summed E-state index contributed by atoms with van der Waals surface area (Å²) in [4.78, 5) is 5.57. The summed E-state index contributed by atoms with van der Waals surface area (Å²) < 4.78 is 4.77. The molecule has 0 N–H and O–H groups in total. The largest absolute Gasteiger partial charge is 0.307 e. The average Bonchev–Trinajstić information content (AvgIpc) is 3.86. The van der Waals surface area contributed by atoms with Gasteiger partial charge in [0.05, 0.1) is 45.6 Å². The zero-order valence-electron chi connectivity index (χ0n) is 42.1. The molecule has 0 aliphatic rings. The highest BCUT2D eigenvalue weighted by atomic mass is 15.1. The lowest BCUT2D eigenvalue weighted by Crippen LogP contribution is -2.04. The van der Waals surface area contributed by atoms with Gasteiger partial charge in [0.1, 0.15) is 5.82 Å². The van der Waals surface area contributed by atoms with Crippen molar-refractivity contribution < 1.29 is 0 Å². The molecule has 3 aromatic heterocycles. The quantitative estimate of drug-likeness (QED) is 0.160. The van der Waals surface area contributed by atoms with Crippen LogP contribution < -0.4 is 0 Å². The van der Waals surface area contributed by atoms with Crippen LogP contribution in [0.25, 0.3) is 111 Å². The summed E-state index contributed by atoms with van der Waals surface area (Å²) in [5.74, 6) is 0.791. The Hall–Kier alpha value is -8.78. The highest BCUT2D eigenvalue weighted by Crippen LogP contribution is 2.43. The smallest absolute Gasteiger partial charge is 0.138 e. The monoisotopic (exact) mass is 926 g/mol. The summed E-state index contributed by atoms with van der Waals surface area (Å²) >= 11 is 0. The third kappa shape index (κ3) is 7.85. The first-order valence-corrected chi connectivity index (χ1v) is 24.9. The van der Waals surface area contributed by atoms with E-state index >= 15 is 0 Å². The fraction of sp³-hybridized carbons (Fsp3) is 0.118. The van der Waals surface area contributed by atoms with Gasteiger partial charge in [-0.15, -0.1) is 0 Å². The van der Waals surface area contributed by atoms with Gasteiger partial charge < -0.3 is 4.57 Å². The number of aromatic nitrogens is 3. The van der Waals surface area contributed by atoms with Crippen LogP contribution in [0, 0.1) is 66.7 Å². The summed E-state index contributed by atoms with van der Waals surface area (Å²) in [6.07, 6.45) is 2.06. The SMILES string of the molecule is Cc1cc(C)cc(-c2ccc3c4ccc(-c5cc(C)cc(C)c5)cc4n(-c4cc(-c5cccc(C#N)c5)c(-n5c6cc(-c7cc(C)cc(C)c7)ccc6c6ccc(-c7cc(C)cc(C)c7)cc65)cn4)c3c2)c1. The summed E-state index contributed by atoms with van der Waals surface area (Å²) in [6.45, 7) is 17.3. The van der Waals surface area contributed by atoms with E-state index in [9.17, 15) is 5.26 Å². The molecule has 0 unspecified atom stereocenters. The van der Waals surface area contributed by atoms with Crippen molar-refractivity contribution in [3.63, 3.8) is 0 Å². The lowest BCUT2D eigenvalue weighted by molar-refractivity contribution is 1.06. The molecule has 4 heteroatoms. The Morgan fingerprint density at radius 2 is 0.681 bits per heavy atom. The lowest BCUT2D eigenvalue weighted by atomic mass is 9.98. The second kappa shape index (κ2) is 17.3. The van der Waals surface area contributed by atoms with E-state index in [-0.39, 0.29) is 0 Å². The Morgan fingerprint density at radius 1 is 0.333 bits per heavy atom. The van der Waals surface area contributed by atoms with E-state index in [0.29, 0.717) is 5.56 Å². The minimum atomic E-state index is 0.598. The molecule has 0 amide bonds. The van der Waals surface area contributed by atoms with Crippen LogP contribution in [0.1, 0.15) is 50.1 Å². The molecule has 12 aromatic rings. The molecule has 9 aromatic carbocycles. The summed E-state index contributed by atoms with van der Waals surface area (Å²) in [5.41, 5.74) is 26.9. The Bertz CT molecular complexity index is 3970. The van der Waals surface area contributed by atoms with Gasteiger partial charge >= 0.3 is 0 Å². The van der Waals surface area contributed by atoms with Gasteiger partial charge in [0.25, 0.3) is 0 Å². The number of benzene rings is 9. The number of aryl methyl sites for hydroxylation is 8. The van der Waals surface area contributed by atoms with Crippen molar-refractivity contribution >= 4 is 43.6 Å². The lowest BCUT2D eigenvalue weighted by Gasteiger charge is -2.17. The first-order chi connectivity index (χ1) is 34.8. The van der Waals surface area contributed by atoms with Crippen LogP contribution in [0.4, 0.5) is 0 Å². The van der Waals surface area contributed by atoms with Crippen molar-refractivity contribution in [2.45, 2.75) is 55.4 Å². The number of hydrogen-bond donors (Lipinski definition) is 0. The molecule has 0 aliphatic carbocycles. The molecular formula is C68H54N4. The van der Waals surface area contributed by atoms with Crippen LogP contribution >= 0.6 is 0 Å². The Balaban J connectivity index is 1.17.